The van der Waals surface area contributed by atoms with Crippen LogP contribution in [0.3, 0.4) is 0 Å². The predicted octanol–water partition coefficient (Wildman–Crippen LogP) is 4.16. The van der Waals surface area contributed by atoms with E-state index in [1.807, 2.05) is 45.2 Å². The molecule has 10 heteroatoms. The number of carbonyl (C=O) groups excluding carboxylic acids is 4. The van der Waals surface area contributed by atoms with Crippen molar-refractivity contribution in [2.45, 2.75) is 13.8 Å². The second kappa shape index (κ2) is 8.03. The molecular formula is C12H6Cl2I3NO4. The van der Waals surface area contributed by atoms with Gasteiger partial charge in [-0.05, 0) is 91.0 Å². The van der Waals surface area contributed by atoms with E-state index in [1.165, 1.54) is 13.8 Å². The highest BCUT2D eigenvalue weighted by molar-refractivity contribution is 14.1. The third-order valence-electron chi connectivity index (χ3n) is 2.54. The van der Waals surface area contributed by atoms with Gasteiger partial charge in [-0.15, -0.1) is 0 Å². The molecule has 0 N–H and O–H groups in total. The zero-order chi connectivity index (χ0) is 17.4. The molecule has 0 saturated heterocycles. The van der Waals surface area contributed by atoms with Crippen molar-refractivity contribution >= 4 is 119 Å². The lowest BCUT2D eigenvalue weighted by molar-refractivity contribution is -0.124. The SMILES string of the molecule is CC(=O)N(C(C)=O)c1c(I)c(C(=O)Cl)c(I)c(C(=O)Cl)c1I. The van der Waals surface area contributed by atoms with E-state index in [1.54, 1.807) is 22.6 Å². The van der Waals surface area contributed by atoms with E-state index in [9.17, 15) is 19.2 Å². The predicted molar refractivity (Wildman–Crippen MR) is 109 cm³/mol. The summed E-state index contributed by atoms with van der Waals surface area (Å²) in [6, 6.07) is 0. The summed E-state index contributed by atoms with van der Waals surface area (Å²) in [5.41, 5.74) is 0.208. The van der Waals surface area contributed by atoms with E-state index in [0.717, 1.165) is 4.90 Å². The van der Waals surface area contributed by atoms with E-state index < -0.39 is 22.3 Å². The number of imide groups is 1. The van der Waals surface area contributed by atoms with Crippen molar-refractivity contribution in [1.82, 2.24) is 0 Å². The zero-order valence-electron chi connectivity index (χ0n) is 11.0. The average molecular weight is 680 g/mol. The van der Waals surface area contributed by atoms with Gasteiger partial charge in [0, 0.05) is 17.4 Å². The van der Waals surface area contributed by atoms with Gasteiger partial charge >= 0.3 is 0 Å². The van der Waals surface area contributed by atoms with Crippen molar-refractivity contribution in [3.05, 3.63) is 21.8 Å². The van der Waals surface area contributed by atoms with E-state index in [4.69, 9.17) is 23.2 Å². The molecule has 0 atom stereocenters. The van der Waals surface area contributed by atoms with E-state index in [0.29, 0.717) is 7.14 Å². The Labute approximate surface area is 176 Å². The van der Waals surface area contributed by atoms with E-state index in [2.05, 4.69) is 0 Å². The summed E-state index contributed by atoms with van der Waals surface area (Å²) in [5, 5.41) is -1.62. The molecule has 0 aliphatic rings. The molecule has 0 saturated carbocycles. The normalized spacial score (nSPS) is 10.3. The highest BCUT2D eigenvalue weighted by atomic mass is 127. The second-order valence-corrected chi connectivity index (χ2v) is 7.88. The summed E-state index contributed by atoms with van der Waals surface area (Å²) in [6.07, 6.45) is 0. The lowest BCUT2D eigenvalue weighted by Gasteiger charge is -2.23. The minimum absolute atomic E-state index is 0.0368. The van der Waals surface area contributed by atoms with Gasteiger partial charge in [-0.2, -0.15) is 0 Å². The molecule has 0 aromatic heterocycles. The van der Waals surface area contributed by atoms with Gasteiger partial charge < -0.3 is 0 Å². The Balaban J connectivity index is 4.01. The number of nitrogens with zero attached hydrogens (tertiary/aromatic N) is 1. The molecule has 0 radical (unpaired) electrons. The van der Waals surface area contributed by atoms with Gasteiger partial charge in [0.1, 0.15) is 0 Å². The molecule has 1 rings (SSSR count). The summed E-state index contributed by atoms with van der Waals surface area (Å²) in [4.78, 5) is 47.9. The van der Waals surface area contributed by atoms with Crippen LogP contribution < -0.4 is 4.90 Å². The van der Waals surface area contributed by atoms with Gasteiger partial charge in [0.2, 0.25) is 11.8 Å². The Morgan fingerprint density at radius 3 is 1.32 bits per heavy atom. The molecule has 0 bridgehead atoms. The van der Waals surface area contributed by atoms with Crippen LogP contribution in [-0.2, 0) is 9.59 Å². The number of anilines is 1. The molecule has 0 unspecified atom stereocenters. The number of hydrogen-bond acceptors (Lipinski definition) is 4. The number of halogens is 5. The Hall–Kier alpha value is 0.470. The molecule has 0 aliphatic heterocycles. The van der Waals surface area contributed by atoms with Crippen molar-refractivity contribution in [2.75, 3.05) is 4.90 Å². The van der Waals surface area contributed by atoms with Crippen molar-refractivity contribution in [1.29, 1.82) is 0 Å². The van der Waals surface area contributed by atoms with Gasteiger partial charge in [-0.1, -0.05) is 0 Å². The Morgan fingerprint density at radius 2 is 1.09 bits per heavy atom. The highest BCUT2D eigenvalue weighted by Gasteiger charge is 2.31. The number of hydrogen-bond donors (Lipinski definition) is 0. The third kappa shape index (κ3) is 3.92. The summed E-state index contributed by atoms with van der Waals surface area (Å²) >= 11 is 16.6. The lowest BCUT2D eigenvalue weighted by Crippen LogP contribution is -2.35. The maximum absolute atomic E-state index is 11.8. The Morgan fingerprint density at radius 1 is 0.773 bits per heavy atom. The van der Waals surface area contributed by atoms with Crippen LogP contribution in [0.5, 0.6) is 0 Å². The largest absolute Gasteiger partial charge is 0.276 e. The van der Waals surface area contributed by atoms with E-state index >= 15 is 0 Å². The van der Waals surface area contributed by atoms with Crippen molar-refractivity contribution in [3.8, 4) is 0 Å². The Kier molecular flexibility index (Phi) is 7.49. The smallest absolute Gasteiger partial charge is 0.254 e. The first-order valence-electron chi connectivity index (χ1n) is 5.43. The summed E-state index contributed by atoms with van der Waals surface area (Å²) in [5.74, 6) is -1.10. The summed E-state index contributed by atoms with van der Waals surface area (Å²) in [7, 11) is 0. The second-order valence-electron chi connectivity index (χ2n) is 3.96. The van der Waals surface area contributed by atoms with Gasteiger partial charge in [0.15, 0.2) is 0 Å². The molecule has 0 aliphatic carbocycles. The van der Waals surface area contributed by atoms with Gasteiger partial charge in [-0.3, -0.25) is 19.2 Å². The first kappa shape index (κ1) is 20.5. The van der Waals surface area contributed by atoms with E-state index in [-0.39, 0.29) is 20.4 Å². The third-order valence-corrected chi connectivity index (χ3v) is 6.10. The molecule has 1 aromatic carbocycles. The summed E-state index contributed by atoms with van der Waals surface area (Å²) in [6.45, 7) is 2.41. The van der Waals surface area contributed by atoms with Crippen LogP contribution in [0.2, 0.25) is 0 Å². The maximum Gasteiger partial charge on any atom is 0.254 e. The number of carbonyl (C=O) groups is 4. The van der Waals surface area contributed by atoms with Gasteiger partial charge in [0.05, 0.1) is 24.0 Å². The molecule has 5 nitrogen and oxygen atoms in total. The highest BCUT2D eigenvalue weighted by Crippen LogP contribution is 2.39. The number of amides is 2. The molecule has 22 heavy (non-hydrogen) atoms. The van der Waals surface area contributed by atoms with Crippen LogP contribution in [-0.4, -0.2) is 22.3 Å². The topological polar surface area (TPSA) is 71.5 Å². The molecule has 0 fully saturated rings. The summed E-state index contributed by atoms with van der Waals surface area (Å²) < 4.78 is 0.888. The first-order chi connectivity index (χ1) is 10.0. The quantitative estimate of drug-likeness (QED) is 0.356. The fourth-order valence-electron chi connectivity index (χ4n) is 1.73. The van der Waals surface area contributed by atoms with Gasteiger partial charge in [-0.25, -0.2) is 4.90 Å². The van der Waals surface area contributed by atoms with Crippen LogP contribution in [0, 0.1) is 10.7 Å². The Bertz CT molecular complexity index is 666. The molecule has 2 amide bonds. The monoisotopic (exact) mass is 679 g/mol. The lowest BCUT2D eigenvalue weighted by atomic mass is 10.1. The minimum atomic E-state index is -0.808. The molecule has 1 aromatic rings. The average Bonchev–Trinajstić information content (AvgIpc) is 2.31. The molecular weight excluding hydrogens is 674 g/mol. The first-order valence-corrected chi connectivity index (χ1v) is 9.42. The molecule has 0 spiro atoms. The van der Waals surface area contributed by atoms with Crippen LogP contribution in [0.15, 0.2) is 0 Å². The van der Waals surface area contributed by atoms with Gasteiger partial charge in [0.25, 0.3) is 10.5 Å². The number of rotatable bonds is 3. The van der Waals surface area contributed by atoms with Crippen molar-refractivity contribution in [3.63, 3.8) is 0 Å². The van der Waals surface area contributed by atoms with Crippen molar-refractivity contribution < 1.29 is 19.2 Å². The number of benzene rings is 1. The maximum atomic E-state index is 11.8. The van der Waals surface area contributed by atoms with Crippen LogP contribution in [0.1, 0.15) is 34.6 Å². The van der Waals surface area contributed by atoms with Crippen LogP contribution in [0.4, 0.5) is 5.69 Å². The fourth-order valence-corrected chi connectivity index (χ4v) is 7.37. The molecule has 0 heterocycles. The van der Waals surface area contributed by atoms with Crippen LogP contribution in [0.25, 0.3) is 0 Å². The zero-order valence-corrected chi connectivity index (χ0v) is 19.0. The fraction of sp³-hybridized carbons (Fsp3) is 0.167. The van der Waals surface area contributed by atoms with Crippen molar-refractivity contribution in [2.24, 2.45) is 0 Å². The minimum Gasteiger partial charge on any atom is -0.276 e. The van der Waals surface area contributed by atoms with Crippen LogP contribution >= 0.6 is 91.0 Å². The molecule has 118 valence electrons. The standard InChI is InChI=1S/C12H6Cl2I3NO4/c1-3(19)18(4(2)20)10-8(16)5(11(13)21)7(15)6(9(10)17)12(14)22/h1-2H3.